The minimum absolute atomic E-state index is 0.756. The molecule has 1 N–H and O–H groups in total. The van der Waals surface area contributed by atoms with E-state index in [9.17, 15) is 0 Å². The number of aromatic nitrogens is 1. The van der Waals surface area contributed by atoms with Gasteiger partial charge in [0, 0.05) is 31.9 Å². The summed E-state index contributed by atoms with van der Waals surface area (Å²) in [6.45, 7) is 7.12. The second-order valence-electron chi connectivity index (χ2n) is 4.01. The molecule has 90 valence electrons. The molecule has 4 heteroatoms. The summed E-state index contributed by atoms with van der Waals surface area (Å²) in [5.41, 5.74) is 4.43. The van der Waals surface area contributed by atoms with Gasteiger partial charge in [-0.05, 0) is 61.1 Å². The second-order valence-corrected chi connectivity index (χ2v) is 5.61. The fourth-order valence-electron chi connectivity index (χ4n) is 1.91. The molecule has 17 heavy (non-hydrogen) atoms. The van der Waals surface area contributed by atoms with Crippen molar-refractivity contribution in [3.05, 3.63) is 32.0 Å². The SMILES string of the molecule is CCNc1c(C)c(C)nc2c(I)cc(Cl)cc12. The van der Waals surface area contributed by atoms with Crippen LogP contribution in [0.5, 0.6) is 0 Å². The lowest BCUT2D eigenvalue weighted by atomic mass is 10.1. The molecule has 1 aromatic carbocycles. The summed E-state index contributed by atoms with van der Waals surface area (Å²) in [5.74, 6) is 0. The molecule has 1 heterocycles. The number of fused-ring (bicyclic) bond motifs is 1. The van der Waals surface area contributed by atoms with Crippen LogP contribution in [0.2, 0.25) is 5.02 Å². The largest absolute Gasteiger partial charge is 0.385 e. The van der Waals surface area contributed by atoms with Crippen LogP contribution in [0.4, 0.5) is 5.69 Å². The summed E-state index contributed by atoms with van der Waals surface area (Å²) in [4.78, 5) is 4.65. The third-order valence-electron chi connectivity index (χ3n) is 2.85. The predicted molar refractivity (Wildman–Crippen MR) is 83.1 cm³/mol. The van der Waals surface area contributed by atoms with E-state index in [4.69, 9.17) is 11.6 Å². The van der Waals surface area contributed by atoms with E-state index >= 15 is 0 Å². The molecular weight excluding hydrogens is 347 g/mol. The van der Waals surface area contributed by atoms with Crippen molar-refractivity contribution in [2.24, 2.45) is 0 Å². The van der Waals surface area contributed by atoms with Crippen molar-refractivity contribution in [1.82, 2.24) is 4.98 Å². The minimum atomic E-state index is 0.756. The van der Waals surface area contributed by atoms with Gasteiger partial charge >= 0.3 is 0 Å². The molecule has 0 saturated heterocycles. The summed E-state index contributed by atoms with van der Waals surface area (Å²) in [6, 6.07) is 3.93. The first-order chi connectivity index (χ1) is 8.04. The van der Waals surface area contributed by atoms with E-state index in [1.54, 1.807) is 0 Å². The van der Waals surface area contributed by atoms with Gasteiger partial charge in [0.1, 0.15) is 0 Å². The molecule has 2 rings (SSSR count). The van der Waals surface area contributed by atoms with Gasteiger partial charge in [-0.15, -0.1) is 0 Å². The van der Waals surface area contributed by atoms with Crippen molar-refractivity contribution in [2.75, 3.05) is 11.9 Å². The Hall–Kier alpha value is -0.550. The number of aryl methyl sites for hydroxylation is 1. The minimum Gasteiger partial charge on any atom is -0.385 e. The molecule has 0 spiro atoms. The Morgan fingerprint density at radius 2 is 2.06 bits per heavy atom. The van der Waals surface area contributed by atoms with Crippen LogP contribution in [-0.2, 0) is 0 Å². The summed E-state index contributed by atoms with van der Waals surface area (Å²) in [5, 5.41) is 5.27. The Bertz CT molecular complexity index is 581. The summed E-state index contributed by atoms with van der Waals surface area (Å²) >= 11 is 8.41. The van der Waals surface area contributed by atoms with Crippen molar-refractivity contribution < 1.29 is 0 Å². The molecule has 0 aliphatic heterocycles. The zero-order valence-corrected chi connectivity index (χ0v) is 13.0. The Kier molecular flexibility index (Phi) is 3.78. The molecule has 2 nitrogen and oxygen atoms in total. The maximum atomic E-state index is 6.13. The Balaban J connectivity index is 2.87. The number of benzene rings is 1. The zero-order valence-electron chi connectivity index (χ0n) is 10.1. The van der Waals surface area contributed by atoms with Crippen molar-refractivity contribution in [1.29, 1.82) is 0 Å². The van der Waals surface area contributed by atoms with Crippen LogP contribution in [0.15, 0.2) is 12.1 Å². The molecule has 0 bridgehead atoms. The Morgan fingerprint density at radius 1 is 1.35 bits per heavy atom. The van der Waals surface area contributed by atoms with Crippen molar-refractivity contribution in [3.8, 4) is 0 Å². The van der Waals surface area contributed by atoms with Crippen LogP contribution in [0.1, 0.15) is 18.2 Å². The fraction of sp³-hybridized carbons (Fsp3) is 0.308. The van der Waals surface area contributed by atoms with Gasteiger partial charge < -0.3 is 5.32 Å². The third-order valence-corrected chi connectivity index (χ3v) is 3.89. The van der Waals surface area contributed by atoms with Gasteiger partial charge in [0.25, 0.3) is 0 Å². The number of nitrogens with zero attached hydrogens (tertiary/aromatic N) is 1. The number of pyridine rings is 1. The summed E-state index contributed by atoms with van der Waals surface area (Å²) < 4.78 is 1.09. The van der Waals surface area contributed by atoms with Crippen LogP contribution < -0.4 is 5.32 Å². The monoisotopic (exact) mass is 360 g/mol. The molecule has 0 aliphatic carbocycles. The van der Waals surface area contributed by atoms with Crippen molar-refractivity contribution in [2.45, 2.75) is 20.8 Å². The normalized spacial score (nSPS) is 10.9. The summed E-state index contributed by atoms with van der Waals surface area (Å²) in [6.07, 6.45) is 0. The van der Waals surface area contributed by atoms with Gasteiger partial charge in [0.05, 0.1) is 5.52 Å². The number of hydrogen-bond donors (Lipinski definition) is 1. The second kappa shape index (κ2) is 4.98. The van der Waals surface area contributed by atoms with Crippen molar-refractivity contribution in [3.63, 3.8) is 0 Å². The third kappa shape index (κ3) is 2.36. The van der Waals surface area contributed by atoms with E-state index in [2.05, 4.69) is 46.7 Å². The molecular formula is C13H14ClIN2. The predicted octanol–water partition coefficient (Wildman–Crippen LogP) is 4.54. The van der Waals surface area contributed by atoms with E-state index in [1.165, 1.54) is 5.56 Å². The lowest BCUT2D eigenvalue weighted by Gasteiger charge is -2.14. The molecule has 2 aromatic rings. The van der Waals surface area contributed by atoms with E-state index in [1.807, 2.05) is 19.1 Å². The number of anilines is 1. The number of halogens is 2. The molecule has 0 aliphatic rings. The highest BCUT2D eigenvalue weighted by Crippen LogP contribution is 2.32. The van der Waals surface area contributed by atoms with Gasteiger partial charge in [-0.1, -0.05) is 11.6 Å². The smallest absolute Gasteiger partial charge is 0.0860 e. The Labute approximate surface area is 120 Å². The highest BCUT2D eigenvalue weighted by atomic mass is 127. The van der Waals surface area contributed by atoms with Gasteiger partial charge in [0.2, 0.25) is 0 Å². The molecule has 0 amide bonds. The average molecular weight is 361 g/mol. The first-order valence-corrected chi connectivity index (χ1v) is 7.00. The van der Waals surface area contributed by atoms with Crippen LogP contribution in [0, 0.1) is 17.4 Å². The fourth-order valence-corrected chi connectivity index (χ4v) is 3.06. The van der Waals surface area contributed by atoms with Crippen LogP contribution in [-0.4, -0.2) is 11.5 Å². The van der Waals surface area contributed by atoms with Gasteiger partial charge in [-0.25, -0.2) is 0 Å². The molecule has 0 atom stereocenters. The molecule has 0 fully saturated rings. The van der Waals surface area contributed by atoms with Crippen LogP contribution in [0.3, 0.4) is 0 Å². The number of nitrogens with one attached hydrogen (secondary N) is 1. The van der Waals surface area contributed by atoms with Gasteiger partial charge in [0.15, 0.2) is 0 Å². The average Bonchev–Trinajstić information content (AvgIpc) is 2.26. The molecule has 0 saturated carbocycles. The quantitative estimate of drug-likeness (QED) is 0.795. The van der Waals surface area contributed by atoms with E-state index < -0.39 is 0 Å². The first-order valence-electron chi connectivity index (χ1n) is 5.54. The lowest BCUT2D eigenvalue weighted by Crippen LogP contribution is -2.03. The zero-order chi connectivity index (χ0) is 12.6. The van der Waals surface area contributed by atoms with Gasteiger partial charge in [-0.2, -0.15) is 0 Å². The van der Waals surface area contributed by atoms with Gasteiger partial charge in [-0.3, -0.25) is 4.98 Å². The molecule has 1 aromatic heterocycles. The number of hydrogen-bond acceptors (Lipinski definition) is 2. The highest BCUT2D eigenvalue weighted by Gasteiger charge is 2.11. The number of rotatable bonds is 2. The molecule has 0 unspecified atom stereocenters. The van der Waals surface area contributed by atoms with E-state index in [0.29, 0.717) is 0 Å². The van der Waals surface area contributed by atoms with Crippen LogP contribution in [0.25, 0.3) is 10.9 Å². The lowest BCUT2D eigenvalue weighted by molar-refractivity contribution is 1.15. The molecule has 0 radical (unpaired) electrons. The Morgan fingerprint density at radius 3 is 2.71 bits per heavy atom. The van der Waals surface area contributed by atoms with Crippen LogP contribution >= 0.6 is 34.2 Å². The van der Waals surface area contributed by atoms with Crippen molar-refractivity contribution >= 4 is 50.8 Å². The standard InChI is InChI=1S/C13H14ClIN2/c1-4-16-12-7(2)8(3)17-13-10(12)5-9(14)6-11(13)15/h5-6H,4H2,1-3H3,(H,16,17). The van der Waals surface area contributed by atoms with E-state index in [-0.39, 0.29) is 0 Å². The van der Waals surface area contributed by atoms with E-state index in [0.717, 1.165) is 37.4 Å². The topological polar surface area (TPSA) is 24.9 Å². The first kappa shape index (κ1) is 12.9. The summed E-state index contributed by atoms with van der Waals surface area (Å²) in [7, 11) is 0. The maximum absolute atomic E-state index is 6.13. The highest BCUT2D eigenvalue weighted by molar-refractivity contribution is 14.1. The maximum Gasteiger partial charge on any atom is 0.0860 e.